The Kier molecular flexibility index (Phi) is 5.05. The van der Waals surface area contributed by atoms with Crippen LogP contribution in [0.5, 0.6) is 0 Å². The van der Waals surface area contributed by atoms with Crippen molar-refractivity contribution in [2.24, 2.45) is 11.7 Å². The summed E-state index contributed by atoms with van der Waals surface area (Å²) in [6, 6.07) is 1.32. The van der Waals surface area contributed by atoms with Crippen LogP contribution < -0.4 is 5.73 Å². The smallest absolute Gasteiger partial charge is 0.141 e. The fraction of sp³-hybridized carbons (Fsp3) is 0.545. The second-order valence-corrected chi connectivity index (χ2v) is 5.05. The van der Waals surface area contributed by atoms with E-state index in [2.05, 4.69) is 18.8 Å². The molecular weight excluding hydrogens is 211 g/mol. The summed E-state index contributed by atoms with van der Waals surface area (Å²) in [6.45, 7) is 4.34. The maximum absolute atomic E-state index is 12.9. The minimum atomic E-state index is -0.322. The van der Waals surface area contributed by atoms with Gasteiger partial charge in [-0.2, -0.15) is 11.8 Å². The Balaban J connectivity index is 2.43. The van der Waals surface area contributed by atoms with Crippen molar-refractivity contribution in [2.75, 3.05) is 11.5 Å². The lowest BCUT2D eigenvalue weighted by Crippen LogP contribution is -2.14. The molecule has 0 aliphatic heterocycles. The second kappa shape index (κ2) is 6.08. The summed E-state index contributed by atoms with van der Waals surface area (Å²) in [5, 5.41) is 0. The SMILES string of the molecule is CC(C)CSCC(N)c1cncc(F)c1. The van der Waals surface area contributed by atoms with E-state index in [0.29, 0.717) is 5.92 Å². The van der Waals surface area contributed by atoms with Gasteiger partial charge in [0.25, 0.3) is 0 Å². The van der Waals surface area contributed by atoms with E-state index in [-0.39, 0.29) is 11.9 Å². The van der Waals surface area contributed by atoms with Crippen molar-refractivity contribution in [3.63, 3.8) is 0 Å². The van der Waals surface area contributed by atoms with Crippen molar-refractivity contribution in [1.29, 1.82) is 0 Å². The highest BCUT2D eigenvalue weighted by Gasteiger charge is 2.07. The van der Waals surface area contributed by atoms with Gasteiger partial charge in [0.2, 0.25) is 0 Å². The van der Waals surface area contributed by atoms with Gasteiger partial charge in [0.15, 0.2) is 0 Å². The van der Waals surface area contributed by atoms with Crippen molar-refractivity contribution in [3.8, 4) is 0 Å². The zero-order valence-electron chi connectivity index (χ0n) is 9.11. The highest BCUT2D eigenvalue weighted by Crippen LogP contribution is 2.17. The van der Waals surface area contributed by atoms with Gasteiger partial charge in [0, 0.05) is 18.0 Å². The zero-order chi connectivity index (χ0) is 11.3. The highest BCUT2D eigenvalue weighted by molar-refractivity contribution is 7.99. The first-order valence-electron chi connectivity index (χ1n) is 5.03. The fourth-order valence-electron chi connectivity index (χ4n) is 1.16. The summed E-state index contributed by atoms with van der Waals surface area (Å²) in [7, 11) is 0. The first-order valence-corrected chi connectivity index (χ1v) is 6.19. The monoisotopic (exact) mass is 228 g/mol. The molecule has 1 heterocycles. The molecule has 1 atom stereocenters. The molecule has 0 bridgehead atoms. The molecule has 15 heavy (non-hydrogen) atoms. The molecule has 0 aliphatic rings. The number of hydrogen-bond acceptors (Lipinski definition) is 3. The summed E-state index contributed by atoms with van der Waals surface area (Å²) in [4.78, 5) is 3.78. The molecule has 1 rings (SSSR count). The third-order valence-corrected chi connectivity index (χ3v) is 3.40. The number of aromatic nitrogens is 1. The molecule has 1 aromatic rings. The van der Waals surface area contributed by atoms with Gasteiger partial charge in [-0.15, -0.1) is 0 Å². The maximum atomic E-state index is 12.9. The number of pyridine rings is 1. The first kappa shape index (κ1) is 12.5. The Morgan fingerprint density at radius 1 is 1.40 bits per heavy atom. The van der Waals surface area contributed by atoms with Crippen LogP contribution in [0.1, 0.15) is 25.5 Å². The molecule has 1 aromatic heterocycles. The summed E-state index contributed by atoms with van der Waals surface area (Å²) in [5.74, 6) is 2.23. The molecular formula is C11H17FN2S. The third kappa shape index (κ3) is 4.62. The molecule has 0 aromatic carbocycles. The van der Waals surface area contributed by atoms with Crippen LogP contribution in [-0.2, 0) is 0 Å². The predicted octanol–water partition coefficient (Wildman–Crippen LogP) is 2.61. The first-order chi connectivity index (χ1) is 7.09. The molecule has 0 radical (unpaired) electrons. The lowest BCUT2D eigenvalue weighted by molar-refractivity contribution is 0.615. The lowest BCUT2D eigenvalue weighted by Gasteiger charge is -2.12. The normalized spacial score (nSPS) is 13.1. The standard InChI is InChI=1S/C11H17FN2S/c1-8(2)6-15-7-11(13)9-3-10(12)5-14-4-9/h3-5,8,11H,6-7,13H2,1-2H3. The molecule has 0 fully saturated rings. The quantitative estimate of drug-likeness (QED) is 0.842. The number of rotatable bonds is 5. The molecule has 0 amide bonds. The summed E-state index contributed by atoms with van der Waals surface area (Å²) in [5.41, 5.74) is 6.69. The molecule has 0 aliphatic carbocycles. The van der Waals surface area contributed by atoms with Gasteiger partial charge in [-0.3, -0.25) is 4.98 Å². The van der Waals surface area contributed by atoms with Gasteiger partial charge in [0.05, 0.1) is 6.20 Å². The molecule has 1 unspecified atom stereocenters. The van der Waals surface area contributed by atoms with Crippen LogP contribution in [0.15, 0.2) is 18.5 Å². The molecule has 0 saturated heterocycles. The van der Waals surface area contributed by atoms with E-state index in [1.807, 2.05) is 0 Å². The second-order valence-electron chi connectivity index (χ2n) is 3.97. The van der Waals surface area contributed by atoms with E-state index < -0.39 is 0 Å². The number of nitrogens with zero attached hydrogens (tertiary/aromatic N) is 1. The minimum absolute atomic E-state index is 0.128. The zero-order valence-corrected chi connectivity index (χ0v) is 9.93. The van der Waals surface area contributed by atoms with Gasteiger partial charge in [-0.25, -0.2) is 4.39 Å². The topological polar surface area (TPSA) is 38.9 Å². The molecule has 0 saturated carbocycles. The number of halogens is 1. The van der Waals surface area contributed by atoms with Crippen LogP contribution in [0.25, 0.3) is 0 Å². The van der Waals surface area contributed by atoms with Crippen LogP contribution in [0, 0.1) is 11.7 Å². The Bertz CT molecular complexity index is 304. The van der Waals surface area contributed by atoms with Crippen LogP contribution in [0.3, 0.4) is 0 Å². The van der Waals surface area contributed by atoms with E-state index >= 15 is 0 Å². The third-order valence-electron chi connectivity index (χ3n) is 1.90. The van der Waals surface area contributed by atoms with Gasteiger partial charge >= 0.3 is 0 Å². The number of thioether (sulfide) groups is 1. The summed E-state index contributed by atoms with van der Waals surface area (Å²) < 4.78 is 12.9. The van der Waals surface area contributed by atoms with Crippen molar-refractivity contribution < 1.29 is 4.39 Å². The van der Waals surface area contributed by atoms with E-state index in [4.69, 9.17) is 5.73 Å². The molecule has 84 valence electrons. The van der Waals surface area contributed by atoms with E-state index in [1.54, 1.807) is 18.0 Å². The van der Waals surface area contributed by atoms with Crippen molar-refractivity contribution in [2.45, 2.75) is 19.9 Å². The maximum Gasteiger partial charge on any atom is 0.141 e. The molecule has 4 heteroatoms. The largest absolute Gasteiger partial charge is 0.323 e. The average molecular weight is 228 g/mol. The van der Waals surface area contributed by atoms with Crippen LogP contribution in [0.4, 0.5) is 4.39 Å². The van der Waals surface area contributed by atoms with Gasteiger partial charge < -0.3 is 5.73 Å². The van der Waals surface area contributed by atoms with Crippen molar-refractivity contribution in [3.05, 3.63) is 29.8 Å². The van der Waals surface area contributed by atoms with E-state index in [1.165, 1.54) is 12.3 Å². The van der Waals surface area contributed by atoms with E-state index in [0.717, 1.165) is 17.1 Å². The predicted molar refractivity (Wildman–Crippen MR) is 63.3 cm³/mol. The van der Waals surface area contributed by atoms with Crippen LogP contribution in [-0.4, -0.2) is 16.5 Å². The molecule has 2 N–H and O–H groups in total. The summed E-state index contributed by atoms with van der Waals surface area (Å²) >= 11 is 1.79. The van der Waals surface area contributed by atoms with Crippen LogP contribution >= 0.6 is 11.8 Å². The average Bonchev–Trinajstić information content (AvgIpc) is 2.17. The van der Waals surface area contributed by atoms with Crippen molar-refractivity contribution >= 4 is 11.8 Å². The van der Waals surface area contributed by atoms with Gasteiger partial charge in [-0.1, -0.05) is 13.8 Å². The number of hydrogen-bond donors (Lipinski definition) is 1. The highest BCUT2D eigenvalue weighted by atomic mass is 32.2. The van der Waals surface area contributed by atoms with Gasteiger partial charge in [-0.05, 0) is 23.3 Å². The Morgan fingerprint density at radius 2 is 2.13 bits per heavy atom. The van der Waals surface area contributed by atoms with E-state index in [9.17, 15) is 4.39 Å². The molecule has 0 spiro atoms. The van der Waals surface area contributed by atoms with Crippen LogP contribution in [0.2, 0.25) is 0 Å². The Labute approximate surface area is 94.5 Å². The Morgan fingerprint density at radius 3 is 2.73 bits per heavy atom. The minimum Gasteiger partial charge on any atom is -0.323 e. The Hall–Kier alpha value is -0.610. The summed E-state index contributed by atoms with van der Waals surface area (Å²) in [6.07, 6.45) is 2.82. The van der Waals surface area contributed by atoms with Crippen molar-refractivity contribution in [1.82, 2.24) is 4.98 Å². The molecule has 2 nitrogen and oxygen atoms in total. The van der Waals surface area contributed by atoms with Gasteiger partial charge in [0.1, 0.15) is 5.82 Å². The number of nitrogens with two attached hydrogens (primary N) is 1. The lowest BCUT2D eigenvalue weighted by atomic mass is 10.1. The fourth-order valence-corrected chi connectivity index (χ4v) is 2.21.